The lowest BCUT2D eigenvalue weighted by atomic mass is 10.0. The van der Waals surface area contributed by atoms with Crippen molar-refractivity contribution in [2.45, 2.75) is 90.2 Å². The summed E-state index contributed by atoms with van der Waals surface area (Å²) in [5.41, 5.74) is 1.28. The van der Waals surface area contributed by atoms with E-state index in [2.05, 4.69) is 36.5 Å². The van der Waals surface area contributed by atoms with Gasteiger partial charge in [-0.15, -0.1) is 0 Å². The third-order valence-corrected chi connectivity index (χ3v) is 4.44. The molecule has 0 spiro atoms. The molecule has 0 aliphatic heterocycles. The number of aliphatic hydroxyl groups is 1. The summed E-state index contributed by atoms with van der Waals surface area (Å²) >= 11 is 0. The van der Waals surface area contributed by atoms with Gasteiger partial charge in [0.25, 0.3) is 0 Å². The third kappa shape index (κ3) is 12.3. The van der Waals surface area contributed by atoms with E-state index in [1.165, 1.54) is 63.4 Å². The number of unbranched alkanes of at least 4 members (excludes halogenated alkanes) is 9. The first-order chi connectivity index (χ1) is 11.3. The SMILES string of the molecule is CCCCCCCCCCCCC(O)CNCc1ccccc1. The lowest BCUT2D eigenvalue weighted by molar-refractivity contribution is 0.157. The van der Waals surface area contributed by atoms with Crippen LogP contribution in [0.5, 0.6) is 0 Å². The van der Waals surface area contributed by atoms with Gasteiger partial charge in [0.05, 0.1) is 6.10 Å². The number of nitrogens with one attached hydrogen (secondary N) is 1. The molecule has 0 aliphatic rings. The fourth-order valence-electron chi connectivity index (χ4n) is 2.95. The van der Waals surface area contributed by atoms with Gasteiger partial charge in [0, 0.05) is 13.1 Å². The van der Waals surface area contributed by atoms with Crippen LogP contribution in [0.15, 0.2) is 30.3 Å². The van der Waals surface area contributed by atoms with Crippen LogP contribution in [-0.4, -0.2) is 17.8 Å². The van der Waals surface area contributed by atoms with Crippen LogP contribution in [0.4, 0.5) is 0 Å². The largest absolute Gasteiger partial charge is 0.392 e. The number of hydrogen-bond acceptors (Lipinski definition) is 2. The minimum absolute atomic E-state index is 0.201. The molecule has 1 atom stereocenters. The first-order valence-corrected chi connectivity index (χ1v) is 9.75. The highest BCUT2D eigenvalue weighted by molar-refractivity contribution is 5.14. The highest BCUT2D eigenvalue weighted by Gasteiger charge is 2.03. The molecule has 0 saturated heterocycles. The molecule has 1 rings (SSSR count). The number of benzene rings is 1. The Morgan fingerprint density at radius 3 is 2.00 bits per heavy atom. The van der Waals surface area contributed by atoms with Crippen molar-refractivity contribution >= 4 is 0 Å². The maximum atomic E-state index is 9.99. The van der Waals surface area contributed by atoms with Crippen molar-refractivity contribution in [3.63, 3.8) is 0 Å². The molecule has 0 saturated carbocycles. The molecule has 0 heterocycles. The summed E-state index contributed by atoms with van der Waals surface area (Å²) < 4.78 is 0. The molecule has 0 radical (unpaired) electrons. The summed E-state index contributed by atoms with van der Waals surface area (Å²) in [5.74, 6) is 0. The quantitative estimate of drug-likeness (QED) is 0.421. The molecule has 2 heteroatoms. The van der Waals surface area contributed by atoms with Gasteiger partial charge in [-0.2, -0.15) is 0 Å². The van der Waals surface area contributed by atoms with Crippen LogP contribution < -0.4 is 5.32 Å². The number of rotatable bonds is 15. The number of hydrogen-bond donors (Lipinski definition) is 2. The Morgan fingerprint density at radius 2 is 1.39 bits per heavy atom. The van der Waals surface area contributed by atoms with Crippen molar-refractivity contribution in [3.05, 3.63) is 35.9 Å². The van der Waals surface area contributed by atoms with Gasteiger partial charge in [0.15, 0.2) is 0 Å². The third-order valence-electron chi connectivity index (χ3n) is 4.44. The number of aliphatic hydroxyl groups excluding tert-OH is 1. The molecule has 0 aliphatic carbocycles. The standard InChI is InChI=1S/C21H37NO/c1-2-3-4-5-6-7-8-9-10-14-17-21(23)19-22-18-20-15-12-11-13-16-20/h11-13,15-16,21-23H,2-10,14,17-19H2,1H3. The van der Waals surface area contributed by atoms with Crippen molar-refractivity contribution in [1.82, 2.24) is 5.32 Å². The fourth-order valence-corrected chi connectivity index (χ4v) is 2.95. The van der Waals surface area contributed by atoms with Crippen molar-refractivity contribution in [3.8, 4) is 0 Å². The lowest BCUT2D eigenvalue weighted by Gasteiger charge is -2.11. The Bertz CT molecular complexity index is 352. The fraction of sp³-hybridized carbons (Fsp3) is 0.714. The van der Waals surface area contributed by atoms with Gasteiger partial charge >= 0.3 is 0 Å². The molecule has 1 aromatic rings. The van der Waals surface area contributed by atoms with Gasteiger partial charge in [-0.1, -0.05) is 101 Å². The smallest absolute Gasteiger partial charge is 0.0664 e. The van der Waals surface area contributed by atoms with Crippen LogP contribution in [0.2, 0.25) is 0 Å². The molecular weight excluding hydrogens is 282 g/mol. The van der Waals surface area contributed by atoms with E-state index in [0.717, 1.165) is 19.4 Å². The van der Waals surface area contributed by atoms with Crippen molar-refractivity contribution in [2.75, 3.05) is 6.54 Å². The Labute approximate surface area is 143 Å². The zero-order valence-electron chi connectivity index (χ0n) is 15.1. The van der Waals surface area contributed by atoms with E-state index in [0.29, 0.717) is 6.54 Å². The van der Waals surface area contributed by atoms with E-state index in [9.17, 15) is 5.11 Å². The normalized spacial score (nSPS) is 12.4. The minimum Gasteiger partial charge on any atom is -0.392 e. The van der Waals surface area contributed by atoms with E-state index < -0.39 is 0 Å². The van der Waals surface area contributed by atoms with Crippen LogP contribution in [0, 0.1) is 0 Å². The van der Waals surface area contributed by atoms with E-state index in [4.69, 9.17) is 0 Å². The Hall–Kier alpha value is -0.860. The molecule has 2 N–H and O–H groups in total. The first-order valence-electron chi connectivity index (χ1n) is 9.75. The summed E-state index contributed by atoms with van der Waals surface area (Å²) in [6.45, 7) is 3.81. The average Bonchev–Trinajstić information content (AvgIpc) is 2.57. The van der Waals surface area contributed by atoms with Gasteiger partial charge < -0.3 is 10.4 Å². The predicted octanol–water partition coefficient (Wildman–Crippen LogP) is 5.45. The van der Waals surface area contributed by atoms with Gasteiger partial charge in [0.1, 0.15) is 0 Å². The zero-order valence-corrected chi connectivity index (χ0v) is 15.1. The minimum atomic E-state index is -0.201. The van der Waals surface area contributed by atoms with Crippen LogP contribution in [-0.2, 0) is 6.54 Å². The maximum absolute atomic E-state index is 9.99. The highest BCUT2D eigenvalue weighted by Crippen LogP contribution is 2.12. The molecule has 0 fully saturated rings. The summed E-state index contributed by atoms with van der Waals surface area (Å²) in [6.07, 6.45) is 14.2. The summed E-state index contributed by atoms with van der Waals surface area (Å²) in [6, 6.07) is 10.4. The molecule has 2 nitrogen and oxygen atoms in total. The Balaban J connectivity index is 1.84. The molecule has 132 valence electrons. The van der Waals surface area contributed by atoms with E-state index >= 15 is 0 Å². The lowest BCUT2D eigenvalue weighted by Crippen LogP contribution is -2.26. The molecule has 1 unspecified atom stereocenters. The summed E-state index contributed by atoms with van der Waals surface area (Å²) in [7, 11) is 0. The Morgan fingerprint density at radius 1 is 0.826 bits per heavy atom. The van der Waals surface area contributed by atoms with Crippen LogP contribution in [0.3, 0.4) is 0 Å². The van der Waals surface area contributed by atoms with E-state index in [1.807, 2.05) is 6.07 Å². The first kappa shape index (κ1) is 20.2. The van der Waals surface area contributed by atoms with Crippen LogP contribution in [0.1, 0.15) is 83.1 Å². The van der Waals surface area contributed by atoms with Crippen molar-refractivity contribution in [2.24, 2.45) is 0 Å². The Kier molecular flexibility index (Phi) is 12.9. The summed E-state index contributed by atoms with van der Waals surface area (Å²) in [4.78, 5) is 0. The van der Waals surface area contributed by atoms with E-state index in [1.54, 1.807) is 0 Å². The van der Waals surface area contributed by atoms with Gasteiger partial charge in [-0.05, 0) is 12.0 Å². The molecule has 1 aromatic carbocycles. The second-order valence-corrected chi connectivity index (χ2v) is 6.74. The van der Waals surface area contributed by atoms with Crippen molar-refractivity contribution in [1.29, 1.82) is 0 Å². The molecule has 0 aromatic heterocycles. The molecular formula is C21H37NO. The molecule has 0 amide bonds. The zero-order chi connectivity index (χ0) is 16.6. The monoisotopic (exact) mass is 319 g/mol. The van der Waals surface area contributed by atoms with Crippen molar-refractivity contribution < 1.29 is 5.11 Å². The molecule has 0 bridgehead atoms. The second-order valence-electron chi connectivity index (χ2n) is 6.74. The predicted molar refractivity (Wildman–Crippen MR) is 101 cm³/mol. The molecule has 23 heavy (non-hydrogen) atoms. The topological polar surface area (TPSA) is 32.3 Å². The maximum Gasteiger partial charge on any atom is 0.0664 e. The van der Waals surface area contributed by atoms with E-state index in [-0.39, 0.29) is 6.10 Å². The van der Waals surface area contributed by atoms with Gasteiger partial charge in [-0.25, -0.2) is 0 Å². The van der Waals surface area contributed by atoms with Crippen LogP contribution >= 0.6 is 0 Å². The second kappa shape index (κ2) is 14.7. The van der Waals surface area contributed by atoms with Gasteiger partial charge in [0.2, 0.25) is 0 Å². The average molecular weight is 320 g/mol. The summed E-state index contributed by atoms with van der Waals surface area (Å²) in [5, 5.41) is 13.3. The van der Waals surface area contributed by atoms with Gasteiger partial charge in [-0.3, -0.25) is 0 Å². The van der Waals surface area contributed by atoms with Crippen LogP contribution in [0.25, 0.3) is 0 Å². The highest BCUT2D eigenvalue weighted by atomic mass is 16.3.